The molecule has 0 rings (SSSR count). The van der Waals surface area contributed by atoms with Crippen LogP contribution in [0.5, 0.6) is 0 Å². The smallest absolute Gasteiger partial charge is 0.245 e. The Morgan fingerprint density at radius 1 is 0.632 bits per heavy atom. The minimum atomic E-state index is -0.736. The third kappa shape index (κ3) is 10.6. The molecule has 0 aliphatic rings. The molecule has 0 heterocycles. The van der Waals surface area contributed by atoms with Gasteiger partial charge in [-0.15, -0.1) is 0 Å². The van der Waals surface area contributed by atoms with Crippen molar-refractivity contribution < 1.29 is 28.4 Å². The van der Waals surface area contributed by atoms with Gasteiger partial charge in [-0.05, 0) is 20.8 Å². The highest BCUT2D eigenvalue weighted by atomic mass is 28.2. The fourth-order valence-electron chi connectivity index (χ4n) is 1.16. The van der Waals surface area contributed by atoms with Gasteiger partial charge in [0.15, 0.2) is 0 Å². The Bertz CT molecular complexity index is 176. The lowest BCUT2D eigenvalue weighted by Crippen LogP contribution is -2.39. The summed E-state index contributed by atoms with van der Waals surface area (Å²) in [4.78, 5) is 0. The zero-order valence-electron chi connectivity index (χ0n) is 13.6. The molecule has 0 aromatic carbocycles. The molecule has 0 unspecified atom stereocenters. The number of hydrogen-bond acceptors (Lipinski definition) is 6. The molecule has 0 aliphatic heterocycles. The largest absolute Gasteiger partial charge is 0.336 e. The Balaban J connectivity index is 0. The highest BCUT2D eigenvalue weighted by Gasteiger charge is 2.23. The standard InChI is InChI=1S/C7H18O3Si.C4H12O3Si/c1-4-8-7(11,9-5-2)10-6-3;1-5-4(8,6-2)7-3/h4-6H2,1-3,11H3;1-3,8H3. The number of ether oxygens (including phenoxy) is 6. The van der Waals surface area contributed by atoms with Gasteiger partial charge in [-0.3, -0.25) is 0 Å². The summed E-state index contributed by atoms with van der Waals surface area (Å²) in [5.74, 6) is 0. The summed E-state index contributed by atoms with van der Waals surface area (Å²) in [5.41, 5.74) is -1.45. The van der Waals surface area contributed by atoms with E-state index in [2.05, 4.69) is 0 Å². The molecular weight excluding hydrogens is 284 g/mol. The zero-order valence-corrected chi connectivity index (χ0v) is 17.6. The lowest BCUT2D eigenvalue weighted by Gasteiger charge is -2.28. The molecule has 0 atom stereocenters. The second kappa shape index (κ2) is 12.0. The van der Waals surface area contributed by atoms with Crippen LogP contribution in [0.25, 0.3) is 0 Å². The number of methoxy groups -OCH3 is 3. The van der Waals surface area contributed by atoms with Gasteiger partial charge in [-0.2, -0.15) is 0 Å². The van der Waals surface area contributed by atoms with Gasteiger partial charge < -0.3 is 28.4 Å². The fourth-order valence-corrected chi connectivity index (χ4v) is 2.03. The maximum Gasteiger partial charge on any atom is 0.245 e. The van der Waals surface area contributed by atoms with E-state index in [1.807, 2.05) is 20.8 Å². The fraction of sp³-hybridized carbons (Fsp3) is 1.00. The van der Waals surface area contributed by atoms with E-state index in [4.69, 9.17) is 28.4 Å². The molecule has 0 fully saturated rings. The molecule has 0 N–H and O–H groups in total. The van der Waals surface area contributed by atoms with E-state index < -0.39 is 11.2 Å². The van der Waals surface area contributed by atoms with Gasteiger partial charge in [-0.25, -0.2) is 0 Å². The molecule has 0 saturated carbocycles. The molecule has 0 amide bonds. The zero-order chi connectivity index (χ0) is 15.4. The average Bonchev–Trinajstić information content (AvgIpc) is 2.39. The van der Waals surface area contributed by atoms with E-state index in [1.54, 1.807) is 21.3 Å². The maximum atomic E-state index is 5.33. The van der Waals surface area contributed by atoms with E-state index in [1.165, 1.54) is 0 Å². The van der Waals surface area contributed by atoms with Crippen molar-refractivity contribution in [3.63, 3.8) is 0 Å². The Labute approximate surface area is 122 Å². The first-order valence-electron chi connectivity index (χ1n) is 6.44. The summed E-state index contributed by atoms with van der Waals surface area (Å²) >= 11 is 0. The minimum Gasteiger partial charge on any atom is -0.336 e. The predicted molar refractivity (Wildman–Crippen MR) is 81.2 cm³/mol. The first-order valence-corrected chi connectivity index (χ1v) is 8.44. The molecule has 8 heteroatoms. The van der Waals surface area contributed by atoms with Crippen LogP contribution in [-0.4, -0.2) is 72.8 Å². The normalized spacial score (nSPS) is 12.3. The van der Waals surface area contributed by atoms with Crippen LogP contribution in [0.15, 0.2) is 0 Å². The van der Waals surface area contributed by atoms with Crippen LogP contribution in [0.2, 0.25) is 0 Å². The Kier molecular flexibility index (Phi) is 13.5. The van der Waals surface area contributed by atoms with Gasteiger partial charge in [0.1, 0.15) is 20.5 Å². The van der Waals surface area contributed by atoms with Crippen LogP contribution in [0.3, 0.4) is 0 Å². The summed E-state index contributed by atoms with van der Waals surface area (Å²) < 4.78 is 30.5. The summed E-state index contributed by atoms with van der Waals surface area (Å²) in [6.45, 7) is 7.69. The first-order chi connectivity index (χ1) is 8.86. The SMILES string of the molecule is CCOC([SiH3])(OCC)OCC.COC([SiH3])(OC)OC. The molecule has 6 nitrogen and oxygen atoms in total. The second-order valence-corrected chi connectivity index (χ2v) is 6.09. The van der Waals surface area contributed by atoms with E-state index in [9.17, 15) is 0 Å². The molecule has 0 bridgehead atoms. The van der Waals surface area contributed by atoms with Crippen molar-refractivity contribution in [2.45, 2.75) is 32.0 Å². The van der Waals surface area contributed by atoms with E-state index >= 15 is 0 Å². The molecule has 0 aromatic rings. The minimum absolute atomic E-state index is 0.628. The molecule has 19 heavy (non-hydrogen) atoms. The van der Waals surface area contributed by atoms with Gasteiger partial charge >= 0.3 is 0 Å². The van der Waals surface area contributed by atoms with Crippen LogP contribution in [0.4, 0.5) is 0 Å². The van der Waals surface area contributed by atoms with Crippen molar-refractivity contribution in [1.82, 2.24) is 0 Å². The van der Waals surface area contributed by atoms with Gasteiger partial charge in [0.25, 0.3) is 0 Å². The van der Waals surface area contributed by atoms with Gasteiger partial charge in [0.2, 0.25) is 11.2 Å². The lowest BCUT2D eigenvalue weighted by molar-refractivity contribution is -0.320. The summed E-state index contributed by atoms with van der Waals surface area (Å²) in [6, 6.07) is 0. The Hall–Kier alpha value is 0.194. The van der Waals surface area contributed by atoms with Crippen LogP contribution in [0.1, 0.15) is 20.8 Å². The quantitative estimate of drug-likeness (QED) is 0.401. The average molecular weight is 315 g/mol. The molecular formula is C11H30O6Si2. The summed E-state index contributed by atoms with van der Waals surface area (Å²) in [5, 5.41) is 0. The monoisotopic (exact) mass is 314 g/mol. The van der Waals surface area contributed by atoms with Crippen LogP contribution in [0, 0.1) is 0 Å². The van der Waals surface area contributed by atoms with Crippen molar-refractivity contribution in [1.29, 1.82) is 0 Å². The summed E-state index contributed by atoms with van der Waals surface area (Å²) in [7, 11) is 6.10. The van der Waals surface area contributed by atoms with Crippen molar-refractivity contribution in [2.24, 2.45) is 0 Å². The molecule has 0 radical (unpaired) electrons. The summed E-state index contributed by atoms with van der Waals surface area (Å²) in [6.07, 6.45) is 0. The van der Waals surface area contributed by atoms with Gasteiger partial charge in [0.05, 0.1) is 0 Å². The highest BCUT2D eigenvalue weighted by molar-refractivity contribution is 6.12. The van der Waals surface area contributed by atoms with Gasteiger partial charge in [-0.1, -0.05) is 0 Å². The number of hydrogen-bond donors (Lipinski definition) is 0. The lowest BCUT2D eigenvalue weighted by atomic mass is 10.8. The van der Waals surface area contributed by atoms with E-state index in [0.717, 1.165) is 10.2 Å². The van der Waals surface area contributed by atoms with Crippen LogP contribution < -0.4 is 0 Å². The van der Waals surface area contributed by atoms with E-state index in [-0.39, 0.29) is 0 Å². The van der Waals surface area contributed by atoms with Crippen molar-refractivity contribution in [3.8, 4) is 0 Å². The molecule has 0 saturated heterocycles. The van der Waals surface area contributed by atoms with Crippen LogP contribution in [-0.2, 0) is 28.4 Å². The van der Waals surface area contributed by atoms with Gasteiger partial charge in [0, 0.05) is 41.2 Å². The third-order valence-electron chi connectivity index (χ3n) is 2.33. The van der Waals surface area contributed by atoms with E-state index in [0.29, 0.717) is 30.1 Å². The van der Waals surface area contributed by atoms with Crippen LogP contribution >= 0.6 is 0 Å². The first kappa shape index (κ1) is 21.5. The maximum absolute atomic E-state index is 5.33. The molecule has 0 spiro atoms. The highest BCUT2D eigenvalue weighted by Crippen LogP contribution is 2.09. The number of rotatable bonds is 9. The topological polar surface area (TPSA) is 55.4 Å². The van der Waals surface area contributed by atoms with Crippen molar-refractivity contribution in [2.75, 3.05) is 41.2 Å². The van der Waals surface area contributed by atoms with Crippen molar-refractivity contribution >= 4 is 20.5 Å². The Morgan fingerprint density at radius 3 is 1.00 bits per heavy atom. The molecule has 118 valence electrons. The molecule has 0 aromatic heterocycles. The Morgan fingerprint density at radius 2 is 0.895 bits per heavy atom. The third-order valence-corrected chi connectivity index (χ3v) is 4.42. The van der Waals surface area contributed by atoms with Crippen molar-refractivity contribution in [3.05, 3.63) is 0 Å². The molecule has 0 aliphatic carbocycles. The second-order valence-electron chi connectivity index (χ2n) is 3.64. The predicted octanol–water partition coefficient (Wildman–Crippen LogP) is -1.03.